The number of aliphatic hydroxyl groups excluding tert-OH is 1. The van der Waals surface area contributed by atoms with Crippen molar-refractivity contribution < 1.29 is 9.90 Å². The van der Waals surface area contributed by atoms with Gasteiger partial charge in [-0.3, -0.25) is 4.79 Å². The Morgan fingerprint density at radius 1 is 1.15 bits per heavy atom. The fraction of sp³-hybridized carbons (Fsp3) is 0.611. The quantitative estimate of drug-likeness (QED) is 0.719. The standard InChI is InChI=1S/C18H22O2/c1-18-9-8-14-13-5-3-12(19)10-11(13)2-4-15(14)16(18)6-7-17(18)20/h2,4,10,13-14,16,19H,3,5-9H2,1H3/t13-,14+,16-,18-/m0/s1. The minimum atomic E-state index is -0.0830. The lowest BCUT2D eigenvalue weighted by Gasteiger charge is -2.46. The van der Waals surface area contributed by atoms with Crippen LogP contribution in [0.1, 0.15) is 45.4 Å². The molecule has 4 atom stereocenters. The van der Waals surface area contributed by atoms with Crippen molar-refractivity contribution in [3.63, 3.8) is 0 Å². The Hall–Kier alpha value is -1.31. The van der Waals surface area contributed by atoms with E-state index >= 15 is 0 Å². The lowest BCUT2D eigenvalue weighted by atomic mass is 9.57. The van der Waals surface area contributed by atoms with Crippen LogP contribution in [0.5, 0.6) is 0 Å². The SMILES string of the molecule is C[C@]12CC[C@H]3C(=CC=C4C=C(O)CC[C@@H]43)[C@@H]1CCC2=O. The van der Waals surface area contributed by atoms with Crippen LogP contribution in [0, 0.1) is 23.2 Å². The highest BCUT2D eigenvalue weighted by Gasteiger charge is 2.53. The minimum absolute atomic E-state index is 0.0830. The number of carbonyl (C=O) groups is 1. The van der Waals surface area contributed by atoms with Gasteiger partial charge in [-0.2, -0.15) is 0 Å². The molecule has 2 nitrogen and oxygen atoms in total. The van der Waals surface area contributed by atoms with E-state index in [2.05, 4.69) is 19.1 Å². The topological polar surface area (TPSA) is 37.3 Å². The molecular formula is C18H22O2. The maximum absolute atomic E-state index is 12.2. The van der Waals surface area contributed by atoms with Crippen molar-refractivity contribution in [3.8, 4) is 0 Å². The summed E-state index contributed by atoms with van der Waals surface area (Å²) in [4.78, 5) is 12.2. The van der Waals surface area contributed by atoms with Crippen LogP contribution in [0.3, 0.4) is 0 Å². The first kappa shape index (κ1) is 12.4. The summed E-state index contributed by atoms with van der Waals surface area (Å²) in [6.45, 7) is 2.19. The van der Waals surface area contributed by atoms with Crippen LogP contribution in [-0.2, 0) is 4.79 Å². The molecule has 0 amide bonds. The van der Waals surface area contributed by atoms with Crippen molar-refractivity contribution in [3.05, 3.63) is 35.1 Å². The van der Waals surface area contributed by atoms with E-state index in [0.29, 0.717) is 29.3 Å². The number of hydrogen-bond acceptors (Lipinski definition) is 2. The third-order valence-corrected chi connectivity index (χ3v) is 6.30. The van der Waals surface area contributed by atoms with Crippen LogP contribution in [0.4, 0.5) is 0 Å². The Balaban J connectivity index is 1.74. The van der Waals surface area contributed by atoms with E-state index in [0.717, 1.165) is 38.5 Å². The first-order valence-electron chi connectivity index (χ1n) is 7.94. The zero-order chi connectivity index (χ0) is 13.9. The molecule has 4 aliphatic carbocycles. The zero-order valence-corrected chi connectivity index (χ0v) is 12.1. The van der Waals surface area contributed by atoms with Crippen molar-refractivity contribution >= 4 is 5.78 Å². The summed E-state index contributed by atoms with van der Waals surface area (Å²) in [6.07, 6.45) is 12.3. The Labute approximate surface area is 120 Å². The van der Waals surface area contributed by atoms with E-state index in [1.165, 1.54) is 11.1 Å². The molecule has 106 valence electrons. The lowest BCUT2D eigenvalue weighted by Crippen LogP contribution is -2.40. The van der Waals surface area contributed by atoms with Gasteiger partial charge in [-0.25, -0.2) is 0 Å². The third-order valence-electron chi connectivity index (χ3n) is 6.30. The van der Waals surface area contributed by atoms with Crippen LogP contribution in [0.2, 0.25) is 0 Å². The van der Waals surface area contributed by atoms with Crippen LogP contribution >= 0.6 is 0 Å². The number of Topliss-reactive ketones (excluding diaryl/α,β-unsaturated/α-hetero) is 1. The van der Waals surface area contributed by atoms with Crippen LogP contribution < -0.4 is 0 Å². The molecule has 4 aliphatic rings. The van der Waals surface area contributed by atoms with Crippen molar-refractivity contribution in [1.29, 1.82) is 0 Å². The fourth-order valence-corrected chi connectivity index (χ4v) is 5.12. The van der Waals surface area contributed by atoms with Gasteiger partial charge in [0.2, 0.25) is 0 Å². The number of fused-ring (bicyclic) bond motifs is 5. The molecule has 0 spiro atoms. The van der Waals surface area contributed by atoms with Gasteiger partial charge in [-0.05, 0) is 55.1 Å². The van der Waals surface area contributed by atoms with E-state index < -0.39 is 0 Å². The second-order valence-electron chi connectivity index (χ2n) is 7.19. The summed E-state index contributed by atoms with van der Waals surface area (Å²) in [5, 5.41) is 9.73. The predicted molar refractivity (Wildman–Crippen MR) is 78.2 cm³/mol. The summed E-state index contributed by atoms with van der Waals surface area (Å²) in [5.41, 5.74) is 2.75. The number of allylic oxidation sites excluding steroid dienone is 6. The summed E-state index contributed by atoms with van der Waals surface area (Å²) < 4.78 is 0. The van der Waals surface area contributed by atoms with Gasteiger partial charge in [0.05, 0.1) is 5.76 Å². The van der Waals surface area contributed by atoms with Gasteiger partial charge < -0.3 is 5.11 Å². The van der Waals surface area contributed by atoms with Crippen LogP contribution in [0.25, 0.3) is 0 Å². The van der Waals surface area contributed by atoms with E-state index in [-0.39, 0.29) is 5.41 Å². The molecule has 0 unspecified atom stereocenters. The lowest BCUT2D eigenvalue weighted by molar-refractivity contribution is -0.127. The first-order chi connectivity index (χ1) is 9.59. The van der Waals surface area contributed by atoms with Crippen molar-refractivity contribution in [1.82, 2.24) is 0 Å². The number of rotatable bonds is 0. The Kier molecular flexibility index (Phi) is 2.55. The smallest absolute Gasteiger partial charge is 0.139 e. The van der Waals surface area contributed by atoms with E-state index in [1.54, 1.807) is 0 Å². The highest BCUT2D eigenvalue weighted by atomic mass is 16.3. The first-order valence-corrected chi connectivity index (χ1v) is 7.94. The molecule has 4 rings (SSSR count). The van der Waals surface area contributed by atoms with Crippen LogP contribution in [-0.4, -0.2) is 10.9 Å². The highest BCUT2D eigenvalue weighted by molar-refractivity contribution is 5.88. The maximum Gasteiger partial charge on any atom is 0.139 e. The molecule has 2 fully saturated rings. The minimum Gasteiger partial charge on any atom is -0.512 e. The van der Waals surface area contributed by atoms with Gasteiger partial charge in [0.25, 0.3) is 0 Å². The molecule has 0 bridgehead atoms. The van der Waals surface area contributed by atoms with Crippen molar-refractivity contribution in [2.24, 2.45) is 23.2 Å². The maximum atomic E-state index is 12.2. The number of hydrogen-bond donors (Lipinski definition) is 1. The number of ketones is 1. The second-order valence-corrected chi connectivity index (χ2v) is 7.19. The highest BCUT2D eigenvalue weighted by Crippen LogP contribution is 2.58. The zero-order valence-electron chi connectivity index (χ0n) is 12.1. The summed E-state index contributed by atoms with van der Waals surface area (Å²) in [6, 6.07) is 0. The van der Waals surface area contributed by atoms with E-state index in [1.807, 2.05) is 6.08 Å². The van der Waals surface area contributed by atoms with Gasteiger partial charge in [0.1, 0.15) is 5.78 Å². The van der Waals surface area contributed by atoms with Crippen LogP contribution in [0.15, 0.2) is 35.1 Å². The molecule has 20 heavy (non-hydrogen) atoms. The fourth-order valence-electron chi connectivity index (χ4n) is 5.12. The molecule has 2 heteroatoms. The summed E-state index contributed by atoms with van der Waals surface area (Å²) >= 11 is 0. The monoisotopic (exact) mass is 270 g/mol. The Bertz CT molecular complexity index is 566. The van der Waals surface area contributed by atoms with Crippen molar-refractivity contribution in [2.45, 2.75) is 45.4 Å². The Morgan fingerprint density at radius 3 is 2.85 bits per heavy atom. The summed E-state index contributed by atoms with van der Waals surface area (Å²) in [7, 11) is 0. The molecule has 0 radical (unpaired) electrons. The molecule has 0 aromatic heterocycles. The number of carbonyl (C=O) groups excluding carboxylic acids is 1. The molecule has 0 aromatic rings. The molecule has 1 N–H and O–H groups in total. The Morgan fingerprint density at radius 2 is 2.00 bits per heavy atom. The van der Waals surface area contributed by atoms with Gasteiger partial charge in [0, 0.05) is 18.3 Å². The average Bonchev–Trinajstić information content (AvgIpc) is 2.74. The molecule has 0 aromatic carbocycles. The third kappa shape index (κ3) is 1.54. The summed E-state index contributed by atoms with van der Waals surface area (Å²) in [5.74, 6) is 2.68. The van der Waals surface area contributed by atoms with Gasteiger partial charge in [0.15, 0.2) is 0 Å². The molecule has 2 saturated carbocycles. The molecule has 0 aliphatic heterocycles. The van der Waals surface area contributed by atoms with E-state index in [4.69, 9.17) is 0 Å². The second kappa shape index (κ2) is 4.09. The van der Waals surface area contributed by atoms with Gasteiger partial charge in [-0.1, -0.05) is 24.6 Å². The molecule has 0 saturated heterocycles. The molecule has 0 heterocycles. The largest absolute Gasteiger partial charge is 0.512 e. The predicted octanol–water partition coefficient (Wildman–Crippen LogP) is 4.10. The van der Waals surface area contributed by atoms with Gasteiger partial charge >= 0.3 is 0 Å². The normalized spacial score (nSPS) is 43.0. The molecular weight excluding hydrogens is 248 g/mol. The van der Waals surface area contributed by atoms with Crippen molar-refractivity contribution in [2.75, 3.05) is 0 Å². The number of aliphatic hydroxyl groups is 1. The van der Waals surface area contributed by atoms with Gasteiger partial charge in [-0.15, -0.1) is 0 Å². The average molecular weight is 270 g/mol. The van der Waals surface area contributed by atoms with E-state index in [9.17, 15) is 9.90 Å².